The second kappa shape index (κ2) is 6.21. The van der Waals surface area contributed by atoms with E-state index < -0.39 is 0 Å². The summed E-state index contributed by atoms with van der Waals surface area (Å²) in [5.41, 5.74) is 0. The zero-order valence-electron chi connectivity index (χ0n) is 10.00. The molecule has 0 aromatic rings. The molecule has 14 heavy (non-hydrogen) atoms. The summed E-state index contributed by atoms with van der Waals surface area (Å²) in [5, 5.41) is 0. The van der Waals surface area contributed by atoms with Crippen LogP contribution in [-0.2, 0) is 0 Å². The molecule has 0 aromatic heterocycles. The van der Waals surface area contributed by atoms with Crippen molar-refractivity contribution in [1.82, 2.24) is 0 Å². The molecule has 0 heterocycles. The summed E-state index contributed by atoms with van der Waals surface area (Å²) >= 11 is 0. The van der Waals surface area contributed by atoms with Crippen molar-refractivity contribution in [2.24, 2.45) is 16.8 Å². The molecule has 1 heteroatoms. The Hall–Kier alpha value is -0.330. The van der Waals surface area contributed by atoms with E-state index in [9.17, 15) is 0 Å². The molecule has 1 saturated carbocycles. The van der Waals surface area contributed by atoms with E-state index in [0.29, 0.717) is 6.04 Å². The molecule has 1 aliphatic carbocycles. The van der Waals surface area contributed by atoms with E-state index >= 15 is 0 Å². The first kappa shape index (κ1) is 11.7. The van der Waals surface area contributed by atoms with Gasteiger partial charge in [-0.3, -0.25) is 4.99 Å². The van der Waals surface area contributed by atoms with Crippen LogP contribution in [0.2, 0.25) is 0 Å². The summed E-state index contributed by atoms with van der Waals surface area (Å²) in [5.74, 6) is 1.56. The lowest BCUT2D eigenvalue weighted by molar-refractivity contribution is 0.427. The van der Waals surface area contributed by atoms with Crippen molar-refractivity contribution in [2.75, 3.05) is 0 Å². The lowest BCUT2D eigenvalue weighted by Gasteiger charge is -2.18. The van der Waals surface area contributed by atoms with Crippen LogP contribution >= 0.6 is 0 Å². The van der Waals surface area contributed by atoms with E-state index in [1.165, 1.54) is 32.1 Å². The van der Waals surface area contributed by atoms with E-state index in [1.807, 2.05) is 0 Å². The lowest BCUT2D eigenvalue weighted by Crippen LogP contribution is -2.10. The topological polar surface area (TPSA) is 12.4 Å². The molecule has 0 aliphatic heterocycles. The van der Waals surface area contributed by atoms with Gasteiger partial charge in [0.15, 0.2) is 0 Å². The number of nitrogens with zero attached hydrogens (tertiary/aromatic N) is 1. The number of rotatable bonds is 4. The maximum absolute atomic E-state index is 4.68. The summed E-state index contributed by atoms with van der Waals surface area (Å²) in [6.45, 7) is 6.90. The van der Waals surface area contributed by atoms with Gasteiger partial charge in [-0.25, -0.2) is 0 Å². The zero-order chi connectivity index (χ0) is 10.4. The van der Waals surface area contributed by atoms with Gasteiger partial charge in [-0.15, -0.1) is 0 Å². The third kappa shape index (κ3) is 4.26. The van der Waals surface area contributed by atoms with Gasteiger partial charge >= 0.3 is 0 Å². The fraction of sp³-hybridized carbons (Fsp3) is 0.923. The Balaban J connectivity index is 2.18. The van der Waals surface area contributed by atoms with E-state index in [-0.39, 0.29) is 0 Å². The molecule has 0 amide bonds. The molecule has 82 valence electrons. The van der Waals surface area contributed by atoms with Crippen molar-refractivity contribution in [3.8, 4) is 0 Å². The Kier molecular flexibility index (Phi) is 5.21. The second-order valence-corrected chi connectivity index (χ2v) is 5.08. The highest BCUT2D eigenvalue weighted by Crippen LogP contribution is 2.20. The molecule has 0 aromatic carbocycles. The van der Waals surface area contributed by atoms with Gasteiger partial charge in [0.25, 0.3) is 0 Å². The monoisotopic (exact) mass is 195 g/mol. The maximum Gasteiger partial charge on any atom is 0.0495 e. The fourth-order valence-corrected chi connectivity index (χ4v) is 1.88. The van der Waals surface area contributed by atoms with Gasteiger partial charge in [-0.05, 0) is 37.3 Å². The van der Waals surface area contributed by atoms with Crippen molar-refractivity contribution in [1.29, 1.82) is 0 Å². The standard InChI is InChI=1S/C13H25N/c1-11(2)12(3)9-10-14-13-7-5-4-6-8-13/h10-13H,4-9H2,1-3H3. The molecule has 1 atom stereocenters. The molecule has 0 radical (unpaired) electrons. The average Bonchev–Trinajstić information content (AvgIpc) is 2.19. The van der Waals surface area contributed by atoms with Crippen LogP contribution in [0.15, 0.2) is 4.99 Å². The minimum absolute atomic E-state index is 0.656. The molecule has 0 saturated heterocycles. The Bertz CT molecular complexity index is 166. The van der Waals surface area contributed by atoms with Gasteiger partial charge in [0.05, 0.1) is 0 Å². The highest BCUT2D eigenvalue weighted by atomic mass is 14.8. The third-order valence-corrected chi connectivity index (χ3v) is 3.51. The lowest BCUT2D eigenvalue weighted by atomic mass is 9.94. The molecule has 0 spiro atoms. The number of hydrogen-bond acceptors (Lipinski definition) is 1. The summed E-state index contributed by atoms with van der Waals surface area (Å²) in [6, 6.07) is 0.656. The number of hydrogen-bond donors (Lipinski definition) is 0. The Morgan fingerprint density at radius 3 is 2.36 bits per heavy atom. The predicted molar refractivity (Wildman–Crippen MR) is 64.0 cm³/mol. The van der Waals surface area contributed by atoms with Gasteiger partial charge < -0.3 is 0 Å². The molecule has 1 nitrogen and oxygen atoms in total. The highest BCUT2D eigenvalue weighted by Gasteiger charge is 2.11. The van der Waals surface area contributed by atoms with E-state index in [1.54, 1.807) is 0 Å². The van der Waals surface area contributed by atoms with Crippen molar-refractivity contribution in [2.45, 2.75) is 65.3 Å². The van der Waals surface area contributed by atoms with Crippen LogP contribution in [0.25, 0.3) is 0 Å². The Labute approximate surface area is 89.0 Å². The average molecular weight is 195 g/mol. The van der Waals surface area contributed by atoms with Crippen LogP contribution in [0.3, 0.4) is 0 Å². The van der Waals surface area contributed by atoms with Gasteiger partial charge in [-0.1, -0.05) is 40.0 Å². The van der Waals surface area contributed by atoms with Crippen LogP contribution in [0, 0.1) is 11.8 Å². The molecular formula is C13H25N. The van der Waals surface area contributed by atoms with Gasteiger partial charge in [0, 0.05) is 6.04 Å². The molecule has 1 aliphatic rings. The van der Waals surface area contributed by atoms with Crippen LogP contribution in [0.5, 0.6) is 0 Å². The largest absolute Gasteiger partial charge is 0.294 e. The van der Waals surface area contributed by atoms with E-state index in [4.69, 9.17) is 0 Å². The quantitative estimate of drug-likeness (QED) is 0.600. The number of aliphatic imine (C=N–C) groups is 1. The molecule has 0 N–H and O–H groups in total. The molecule has 0 bridgehead atoms. The third-order valence-electron chi connectivity index (χ3n) is 3.51. The molecule has 1 fully saturated rings. The van der Waals surface area contributed by atoms with Crippen LogP contribution in [0.4, 0.5) is 0 Å². The minimum atomic E-state index is 0.656. The highest BCUT2D eigenvalue weighted by molar-refractivity contribution is 5.57. The van der Waals surface area contributed by atoms with Crippen molar-refractivity contribution < 1.29 is 0 Å². The summed E-state index contributed by atoms with van der Waals surface area (Å²) < 4.78 is 0. The zero-order valence-corrected chi connectivity index (χ0v) is 10.00. The SMILES string of the molecule is CC(C)C(C)CC=NC1CCCCC1. The second-order valence-electron chi connectivity index (χ2n) is 5.08. The Morgan fingerprint density at radius 2 is 1.79 bits per heavy atom. The van der Waals surface area contributed by atoms with Crippen LogP contribution in [0.1, 0.15) is 59.3 Å². The first-order chi connectivity index (χ1) is 6.70. The van der Waals surface area contributed by atoms with Gasteiger partial charge in [0.2, 0.25) is 0 Å². The summed E-state index contributed by atoms with van der Waals surface area (Å²) in [7, 11) is 0. The predicted octanol–water partition coefficient (Wildman–Crippen LogP) is 4.07. The minimum Gasteiger partial charge on any atom is -0.294 e. The maximum atomic E-state index is 4.68. The van der Waals surface area contributed by atoms with Crippen LogP contribution < -0.4 is 0 Å². The van der Waals surface area contributed by atoms with Crippen molar-refractivity contribution >= 4 is 6.21 Å². The normalized spacial score (nSPS) is 22.0. The van der Waals surface area contributed by atoms with Crippen molar-refractivity contribution in [3.05, 3.63) is 0 Å². The Morgan fingerprint density at radius 1 is 1.14 bits per heavy atom. The van der Waals surface area contributed by atoms with Gasteiger partial charge in [0.1, 0.15) is 0 Å². The van der Waals surface area contributed by atoms with Gasteiger partial charge in [-0.2, -0.15) is 0 Å². The molecule has 1 unspecified atom stereocenters. The van der Waals surface area contributed by atoms with Crippen LogP contribution in [-0.4, -0.2) is 12.3 Å². The first-order valence-electron chi connectivity index (χ1n) is 6.21. The molecular weight excluding hydrogens is 170 g/mol. The van der Waals surface area contributed by atoms with E-state index in [2.05, 4.69) is 32.0 Å². The molecule has 1 rings (SSSR count). The first-order valence-corrected chi connectivity index (χ1v) is 6.21. The van der Waals surface area contributed by atoms with Crippen molar-refractivity contribution in [3.63, 3.8) is 0 Å². The van der Waals surface area contributed by atoms with E-state index in [0.717, 1.165) is 18.3 Å². The summed E-state index contributed by atoms with van der Waals surface area (Å²) in [6.07, 6.45) is 10.2. The summed E-state index contributed by atoms with van der Waals surface area (Å²) in [4.78, 5) is 4.68. The smallest absolute Gasteiger partial charge is 0.0495 e. The fourth-order valence-electron chi connectivity index (χ4n) is 1.88.